The Morgan fingerprint density at radius 1 is 1.40 bits per heavy atom. The Bertz CT molecular complexity index is 519. The largest absolute Gasteiger partial charge is 0.324 e. The van der Waals surface area contributed by atoms with E-state index in [1.165, 1.54) is 11.3 Å². The Morgan fingerprint density at radius 3 is 2.75 bits per heavy atom. The third-order valence-electron chi connectivity index (χ3n) is 4.25. The highest BCUT2D eigenvalue weighted by Crippen LogP contribution is 2.20. The summed E-state index contributed by atoms with van der Waals surface area (Å²) < 4.78 is 1.99. The van der Waals surface area contributed by atoms with E-state index in [1.807, 2.05) is 17.6 Å². The van der Waals surface area contributed by atoms with Gasteiger partial charge in [0, 0.05) is 43.4 Å². The molecule has 112 valence electrons. The first-order chi connectivity index (χ1) is 9.58. The summed E-state index contributed by atoms with van der Waals surface area (Å²) in [6.07, 6.45) is 3.12. The fraction of sp³-hybridized carbons (Fsp3) is 0.688. The minimum Gasteiger partial charge on any atom is -0.324 e. The fourth-order valence-corrected chi connectivity index (χ4v) is 2.95. The van der Waals surface area contributed by atoms with E-state index in [0.717, 1.165) is 51.0 Å². The summed E-state index contributed by atoms with van der Waals surface area (Å²) in [7, 11) is 0. The first-order valence-corrected chi connectivity index (χ1v) is 7.81. The topological polar surface area (TPSA) is 51.3 Å². The summed E-state index contributed by atoms with van der Waals surface area (Å²) in [4.78, 5) is 15.0. The number of nitrogens with two attached hydrogens (primary N) is 1. The van der Waals surface area contributed by atoms with Gasteiger partial charge in [0.15, 0.2) is 0 Å². The van der Waals surface area contributed by atoms with Crippen molar-refractivity contribution in [1.82, 2.24) is 9.47 Å². The number of hydrogen-bond acceptors (Lipinski definition) is 3. The van der Waals surface area contributed by atoms with Crippen LogP contribution < -0.4 is 11.3 Å². The molecule has 0 aliphatic carbocycles. The first kappa shape index (κ1) is 15.3. The number of hydrogen-bond donors (Lipinski definition) is 1. The average Bonchev–Trinajstić information content (AvgIpc) is 2.45. The van der Waals surface area contributed by atoms with Crippen LogP contribution >= 0.6 is 0 Å². The minimum atomic E-state index is -0.197. The van der Waals surface area contributed by atoms with Crippen LogP contribution in [0.25, 0.3) is 0 Å². The molecule has 1 aromatic rings. The molecular weight excluding hydrogens is 250 g/mol. The molecule has 0 saturated heterocycles. The maximum absolute atomic E-state index is 12.6. The zero-order valence-corrected chi connectivity index (χ0v) is 13.0. The van der Waals surface area contributed by atoms with Crippen molar-refractivity contribution in [1.29, 1.82) is 0 Å². The Labute approximate surface area is 121 Å². The molecule has 1 aliphatic heterocycles. The Balaban J connectivity index is 2.48. The van der Waals surface area contributed by atoms with Gasteiger partial charge in [-0.1, -0.05) is 20.3 Å². The van der Waals surface area contributed by atoms with Crippen LogP contribution in [0.4, 0.5) is 0 Å². The number of fused-ring (bicyclic) bond motifs is 1. The molecule has 1 unspecified atom stereocenters. The number of likely N-dealkylation sites (N-methyl/N-ethyl adjacent to an activating group) is 1. The molecule has 2 rings (SSSR count). The van der Waals surface area contributed by atoms with Gasteiger partial charge in [-0.25, -0.2) is 0 Å². The molecule has 0 fully saturated rings. The van der Waals surface area contributed by atoms with Crippen molar-refractivity contribution in [2.45, 2.75) is 59.2 Å². The molecule has 1 atom stereocenters. The summed E-state index contributed by atoms with van der Waals surface area (Å²) in [5, 5.41) is 0. The molecule has 20 heavy (non-hydrogen) atoms. The molecule has 2 heterocycles. The van der Waals surface area contributed by atoms with Gasteiger partial charge in [-0.2, -0.15) is 0 Å². The second-order valence-corrected chi connectivity index (χ2v) is 5.79. The lowest BCUT2D eigenvalue weighted by atomic mass is 10.00. The van der Waals surface area contributed by atoms with E-state index in [-0.39, 0.29) is 11.6 Å². The monoisotopic (exact) mass is 277 g/mol. The van der Waals surface area contributed by atoms with Crippen molar-refractivity contribution in [3.8, 4) is 0 Å². The third-order valence-corrected chi connectivity index (χ3v) is 4.25. The number of pyridine rings is 1. The second-order valence-electron chi connectivity index (χ2n) is 5.79. The predicted molar refractivity (Wildman–Crippen MR) is 82.9 cm³/mol. The van der Waals surface area contributed by atoms with Gasteiger partial charge in [0.25, 0.3) is 5.56 Å². The molecule has 0 aromatic carbocycles. The highest BCUT2D eigenvalue weighted by molar-refractivity contribution is 5.30. The lowest BCUT2D eigenvalue weighted by Crippen LogP contribution is -2.37. The van der Waals surface area contributed by atoms with Gasteiger partial charge < -0.3 is 10.3 Å². The lowest BCUT2D eigenvalue weighted by Gasteiger charge is -2.30. The summed E-state index contributed by atoms with van der Waals surface area (Å²) in [6.45, 7) is 10.1. The lowest BCUT2D eigenvalue weighted by molar-refractivity contribution is 0.261. The maximum Gasteiger partial charge on any atom is 0.255 e. The van der Waals surface area contributed by atoms with Gasteiger partial charge in [0.1, 0.15) is 0 Å². The number of unbranched alkanes of at least 4 members (excludes halogenated alkanes) is 1. The smallest absolute Gasteiger partial charge is 0.255 e. The van der Waals surface area contributed by atoms with E-state index in [2.05, 4.69) is 18.7 Å². The Kier molecular flexibility index (Phi) is 5.00. The third kappa shape index (κ3) is 2.96. The van der Waals surface area contributed by atoms with Gasteiger partial charge in [-0.05, 0) is 31.5 Å². The standard InChI is InChI=1S/C16H27N3O/c1-4-6-8-19-15-7-9-18(5-2)11-13(15)10-14(12(3)17)16(19)20/h10,12H,4-9,11,17H2,1-3H3. The minimum absolute atomic E-state index is 0.122. The van der Waals surface area contributed by atoms with Gasteiger partial charge in [0.2, 0.25) is 0 Å². The van der Waals surface area contributed by atoms with Crippen LogP contribution in [0, 0.1) is 0 Å². The molecule has 0 amide bonds. The molecule has 0 bridgehead atoms. The average molecular weight is 277 g/mol. The van der Waals surface area contributed by atoms with Crippen molar-refractivity contribution >= 4 is 0 Å². The van der Waals surface area contributed by atoms with Crippen molar-refractivity contribution in [2.75, 3.05) is 13.1 Å². The molecule has 1 aromatic heterocycles. The molecule has 0 spiro atoms. The van der Waals surface area contributed by atoms with Crippen LogP contribution in [0.2, 0.25) is 0 Å². The van der Waals surface area contributed by atoms with Crippen LogP contribution in [0.1, 0.15) is 56.5 Å². The number of nitrogens with zero attached hydrogens (tertiary/aromatic N) is 2. The van der Waals surface area contributed by atoms with Gasteiger partial charge >= 0.3 is 0 Å². The van der Waals surface area contributed by atoms with Crippen LogP contribution in [0.5, 0.6) is 0 Å². The van der Waals surface area contributed by atoms with E-state index in [1.54, 1.807) is 0 Å². The van der Waals surface area contributed by atoms with E-state index in [4.69, 9.17) is 5.73 Å². The molecule has 2 N–H and O–H groups in total. The van der Waals surface area contributed by atoms with Gasteiger partial charge in [-0.15, -0.1) is 0 Å². The van der Waals surface area contributed by atoms with Crippen LogP contribution in [0.15, 0.2) is 10.9 Å². The van der Waals surface area contributed by atoms with Crippen molar-refractivity contribution in [3.63, 3.8) is 0 Å². The number of rotatable bonds is 5. The molecule has 4 heteroatoms. The summed E-state index contributed by atoms with van der Waals surface area (Å²) in [6, 6.07) is 1.85. The normalized spacial score (nSPS) is 17.0. The number of aromatic nitrogens is 1. The van der Waals surface area contributed by atoms with Gasteiger partial charge in [-0.3, -0.25) is 9.69 Å². The zero-order chi connectivity index (χ0) is 14.7. The molecular formula is C16H27N3O. The summed E-state index contributed by atoms with van der Waals surface area (Å²) >= 11 is 0. The highest BCUT2D eigenvalue weighted by Gasteiger charge is 2.21. The maximum atomic E-state index is 12.6. The SMILES string of the molecule is CCCCn1c2c(cc(C(C)N)c1=O)CN(CC)CC2. The molecule has 1 aliphatic rings. The zero-order valence-electron chi connectivity index (χ0n) is 13.0. The molecule has 0 radical (unpaired) electrons. The summed E-state index contributed by atoms with van der Waals surface area (Å²) in [5.41, 5.74) is 9.40. The van der Waals surface area contributed by atoms with E-state index < -0.39 is 0 Å². The van der Waals surface area contributed by atoms with Gasteiger partial charge in [0.05, 0.1) is 0 Å². The highest BCUT2D eigenvalue weighted by atomic mass is 16.1. The molecule has 0 saturated carbocycles. The first-order valence-electron chi connectivity index (χ1n) is 7.81. The predicted octanol–water partition coefficient (Wildman–Crippen LogP) is 2.05. The van der Waals surface area contributed by atoms with Crippen molar-refractivity contribution < 1.29 is 0 Å². The fourth-order valence-electron chi connectivity index (χ4n) is 2.95. The Hall–Kier alpha value is -1.13. The van der Waals surface area contributed by atoms with Crippen LogP contribution in [-0.2, 0) is 19.5 Å². The van der Waals surface area contributed by atoms with Crippen molar-refractivity contribution in [2.24, 2.45) is 5.73 Å². The van der Waals surface area contributed by atoms with E-state index in [0.29, 0.717) is 0 Å². The van der Waals surface area contributed by atoms with E-state index >= 15 is 0 Å². The van der Waals surface area contributed by atoms with E-state index in [9.17, 15) is 4.79 Å². The second kappa shape index (κ2) is 6.55. The van der Waals surface area contributed by atoms with Crippen LogP contribution in [0.3, 0.4) is 0 Å². The molecule has 4 nitrogen and oxygen atoms in total. The summed E-state index contributed by atoms with van der Waals surface area (Å²) in [5.74, 6) is 0. The quantitative estimate of drug-likeness (QED) is 0.896. The van der Waals surface area contributed by atoms with Crippen LogP contribution in [-0.4, -0.2) is 22.6 Å². The van der Waals surface area contributed by atoms with Crippen molar-refractivity contribution in [3.05, 3.63) is 33.2 Å². The Morgan fingerprint density at radius 2 is 2.15 bits per heavy atom.